The smallest absolute Gasteiger partial charge is 0.329 e. The third-order valence-corrected chi connectivity index (χ3v) is 3.17. The summed E-state index contributed by atoms with van der Waals surface area (Å²) < 4.78 is 31.5. The number of hydrogen-bond donors (Lipinski definition) is 2. The first-order chi connectivity index (χ1) is 7.92. The molecule has 0 fully saturated rings. The summed E-state index contributed by atoms with van der Waals surface area (Å²) in [6, 6.07) is 0. The van der Waals surface area contributed by atoms with Crippen LogP contribution in [0.4, 0.5) is 0 Å². The fraction of sp³-hybridized carbons (Fsp3) is 0.500. The van der Waals surface area contributed by atoms with Crippen molar-refractivity contribution in [3.63, 3.8) is 0 Å². The zero-order valence-corrected chi connectivity index (χ0v) is 9.98. The zero-order valence-electron chi connectivity index (χ0n) is 9.16. The van der Waals surface area contributed by atoms with E-state index in [1.807, 2.05) is 0 Å². The highest BCUT2D eigenvalue weighted by atomic mass is 32.2. The van der Waals surface area contributed by atoms with Crippen molar-refractivity contribution in [3.05, 3.63) is 12.4 Å². The quantitative estimate of drug-likeness (QED) is 0.598. The summed E-state index contributed by atoms with van der Waals surface area (Å²) >= 11 is 0. The van der Waals surface area contributed by atoms with Crippen LogP contribution < -0.4 is 4.72 Å². The molecule has 0 spiro atoms. The Bertz CT molecular complexity index is 481. The molecular weight excluding hydrogens is 250 g/mol. The van der Waals surface area contributed by atoms with E-state index in [-0.39, 0.29) is 18.0 Å². The fourth-order valence-electron chi connectivity index (χ4n) is 1.03. The van der Waals surface area contributed by atoms with Crippen molar-refractivity contribution in [2.45, 2.75) is 4.90 Å². The van der Waals surface area contributed by atoms with Gasteiger partial charge in [-0.25, -0.2) is 17.9 Å². The third kappa shape index (κ3) is 4.51. The first-order valence-corrected chi connectivity index (χ1v) is 6.18. The van der Waals surface area contributed by atoms with Crippen molar-refractivity contribution >= 4 is 16.0 Å². The molecule has 96 valence electrons. The molecule has 0 aromatic carbocycles. The molecule has 8 nitrogen and oxygen atoms in total. The van der Waals surface area contributed by atoms with Gasteiger partial charge in [0, 0.05) is 19.8 Å². The van der Waals surface area contributed by atoms with Gasteiger partial charge in [-0.15, -0.1) is 0 Å². The molecule has 1 aromatic rings. The molecule has 0 saturated heterocycles. The molecule has 0 aliphatic rings. The van der Waals surface area contributed by atoms with Gasteiger partial charge in [0.05, 0.1) is 12.8 Å². The number of rotatable bonds is 7. The second-order valence-corrected chi connectivity index (χ2v) is 4.96. The maximum Gasteiger partial charge on any atom is 0.329 e. The van der Waals surface area contributed by atoms with E-state index in [1.165, 1.54) is 17.1 Å². The lowest BCUT2D eigenvalue weighted by atomic mass is 10.7. The van der Waals surface area contributed by atoms with Gasteiger partial charge in [0.15, 0.2) is 0 Å². The summed E-state index contributed by atoms with van der Waals surface area (Å²) in [5.74, 6) is -1.10. The number of aliphatic carboxylic acids is 1. The van der Waals surface area contributed by atoms with E-state index in [0.29, 0.717) is 0 Å². The molecule has 0 atom stereocenters. The average molecular weight is 263 g/mol. The van der Waals surface area contributed by atoms with E-state index in [0.717, 1.165) is 0 Å². The van der Waals surface area contributed by atoms with E-state index in [1.54, 1.807) is 7.05 Å². The molecule has 2 N–H and O–H groups in total. The number of carboxylic acid groups (broad SMARTS) is 1. The van der Waals surface area contributed by atoms with Crippen LogP contribution in [0.3, 0.4) is 0 Å². The lowest BCUT2D eigenvalue weighted by molar-refractivity contribution is -0.142. The van der Waals surface area contributed by atoms with Crippen LogP contribution in [-0.4, -0.2) is 49.0 Å². The molecule has 0 radical (unpaired) electrons. The topological polar surface area (TPSA) is 111 Å². The van der Waals surface area contributed by atoms with Gasteiger partial charge in [-0.05, 0) is 0 Å². The van der Waals surface area contributed by atoms with Crippen LogP contribution in [0, 0.1) is 0 Å². The molecule has 1 aromatic heterocycles. The SMILES string of the molecule is Cn1cc(S(=O)(=O)NCCOCC(=O)O)cn1. The monoisotopic (exact) mass is 263 g/mol. The second-order valence-electron chi connectivity index (χ2n) is 3.19. The summed E-state index contributed by atoms with van der Waals surface area (Å²) in [7, 11) is -1.99. The normalized spacial score (nSPS) is 11.6. The number of nitrogens with zero attached hydrogens (tertiary/aromatic N) is 2. The molecule has 0 aliphatic carbocycles. The van der Waals surface area contributed by atoms with Crippen molar-refractivity contribution in [1.29, 1.82) is 0 Å². The molecule has 0 unspecified atom stereocenters. The van der Waals surface area contributed by atoms with Crippen molar-refractivity contribution in [2.75, 3.05) is 19.8 Å². The van der Waals surface area contributed by atoms with Crippen LogP contribution >= 0.6 is 0 Å². The second kappa shape index (κ2) is 5.75. The number of carboxylic acids is 1. The van der Waals surface area contributed by atoms with E-state index in [9.17, 15) is 13.2 Å². The molecule has 0 bridgehead atoms. The molecule has 1 rings (SSSR count). The molecule has 17 heavy (non-hydrogen) atoms. The van der Waals surface area contributed by atoms with Crippen LogP contribution in [0.1, 0.15) is 0 Å². The minimum absolute atomic E-state index is 0.00447. The van der Waals surface area contributed by atoms with Gasteiger partial charge in [0.1, 0.15) is 11.5 Å². The summed E-state index contributed by atoms with van der Waals surface area (Å²) in [6.45, 7) is -0.453. The highest BCUT2D eigenvalue weighted by Gasteiger charge is 2.14. The number of carbonyl (C=O) groups is 1. The number of nitrogens with one attached hydrogen (secondary N) is 1. The number of ether oxygens (including phenoxy) is 1. The van der Waals surface area contributed by atoms with Crippen LogP contribution in [0.15, 0.2) is 17.3 Å². The number of sulfonamides is 1. The predicted octanol–water partition coefficient (Wildman–Crippen LogP) is -1.20. The van der Waals surface area contributed by atoms with E-state index in [2.05, 4.69) is 14.6 Å². The minimum atomic E-state index is -3.60. The van der Waals surface area contributed by atoms with Gasteiger partial charge in [0.2, 0.25) is 10.0 Å². The van der Waals surface area contributed by atoms with Crippen LogP contribution in [-0.2, 0) is 26.6 Å². The lowest BCUT2D eigenvalue weighted by Crippen LogP contribution is -2.27. The Hall–Kier alpha value is -1.45. The van der Waals surface area contributed by atoms with Crippen LogP contribution in [0.25, 0.3) is 0 Å². The Balaban J connectivity index is 2.38. The van der Waals surface area contributed by atoms with Crippen LogP contribution in [0.2, 0.25) is 0 Å². The van der Waals surface area contributed by atoms with E-state index in [4.69, 9.17) is 5.11 Å². The molecule has 0 aliphatic heterocycles. The molecule has 1 heterocycles. The van der Waals surface area contributed by atoms with Crippen molar-refractivity contribution < 1.29 is 23.1 Å². The summed E-state index contributed by atoms with van der Waals surface area (Å²) in [5, 5.41) is 12.0. The van der Waals surface area contributed by atoms with Gasteiger partial charge < -0.3 is 9.84 Å². The van der Waals surface area contributed by atoms with Gasteiger partial charge in [0.25, 0.3) is 0 Å². The van der Waals surface area contributed by atoms with E-state index >= 15 is 0 Å². The van der Waals surface area contributed by atoms with Crippen molar-refractivity contribution in [1.82, 2.24) is 14.5 Å². The summed E-state index contributed by atoms with van der Waals surface area (Å²) in [6.07, 6.45) is 2.58. The minimum Gasteiger partial charge on any atom is -0.480 e. The lowest BCUT2D eigenvalue weighted by Gasteiger charge is -2.04. The van der Waals surface area contributed by atoms with Gasteiger partial charge in [-0.2, -0.15) is 5.10 Å². The number of aromatic nitrogens is 2. The summed E-state index contributed by atoms with van der Waals surface area (Å²) in [4.78, 5) is 10.2. The number of aryl methyl sites for hydroxylation is 1. The van der Waals surface area contributed by atoms with Gasteiger partial charge in [-0.3, -0.25) is 4.68 Å². The Morgan fingerprint density at radius 1 is 1.65 bits per heavy atom. The third-order valence-electron chi connectivity index (χ3n) is 1.76. The standard InChI is InChI=1S/C8H13N3O5S/c1-11-5-7(4-9-11)17(14,15)10-2-3-16-6-8(12)13/h4-5,10H,2-3,6H2,1H3,(H,12,13). The maximum absolute atomic E-state index is 11.6. The molecule has 0 amide bonds. The molecule has 0 saturated carbocycles. The highest BCUT2D eigenvalue weighted by molar-refractivity contribution is 7.89. The molecular formula is C8H13N3O5S. The maximum atomic E-state index is 11.6. The Morgan fingerprint density at radius 3 is 2.88 bits per heavy atom. The van der Waals surface area contributed by atoms with E-state index < -0.39 is 22.6 Å². The van der Waals surface area contributed by atoms with Gasteiger partial charge >= 0.3 is 5.97 Å². The van der Waals surface area contributed by atoms with Crippen molar-refractivity contribution in [2.24, 2.45) is 7.05 Å². The number of hydrogen-bond acceptors (Lipinski definition) is 5. The first-order valence-electron chi connectivity index (χ1n) is 4.69. The average Bonchev–Trinajstić information content (AvgIpc) is 2.64. The molecule has 9 heteroatoms. The van der Waals surface area contributed by atoms with Crippen molar-refractivity contribution in [3.8, 4) is 0 Å². The largest absolute Gasteiger partial charge is 0.480 e. The summed E-state index contributed by atoms with van der Waals surface area (Å²) in [5.41, 5.74) is 0. The Labute approximate surface area is 98.2 Å². The van der Waals surface area contributed by atoms with Crippen LogP contribution in [0.5, 0.6) is 0 Å². The Kier molecular flexibility index (Phi) is 4.61. The first kappa shape index (κ1) is 13.6. The predicted molar refractivity (Wildman–Crippen MR) is 56.9 cm³/mol. The Morgan fingerprint density at radius 2 is 2.35 bits per heavy atom. The van der Waals surface area contributed by atoms with Gasteiger partial charge in [-0.1, -0.05) is 0 Å². The highest BCUT2D eigenvalue weighted by Crippen LogP contribution is 2.04. The zero-order chi connectivity index (χ0) is 12.9. The fourth-order valence-corrected chi connectivity index (χ4v) is 2.02.